The van der Waals surface area contributed by atoms with Crippen LogP contribution in [0.5, 0.6) is 0 Å². The van der Waals surface area contributed by atoms with Crippen LogP contribution in [0.25, 0.3) is 11.2 Å². The summed E-state index contributed by atoms with van der Waals surface area (Å²) in [5, 5.41) is -0.132. The first-order valence-corrected chi connectivity index (χ1v) is 7.15. The van der Waals surface area contributed by atoms with Gasteiger partial charge in [0.25, 0.3) is 0 Å². The van der Waals surface area contributed by atoms with Crippen LogP contribution < -0.4 is 0 Å². The van der Waals surface area contributed by atoms with Crippen molar-refractivity contribution >= 4 is 22.8 Å². The number of hydrogen-bond acceptors (Lipinski definition) is 3. The van der Waals surface area contributed by atoms with Crippen molar-refractivity contribution in [2.45, 2.75) is 43.7 Å². The van der Waals surface area contributed by atoms with E-state index in [2.05, 4.69) is 14.5 Å². The second-order valence-corrected chi connectivity index (χ2v) is 5.73. The van der Waals surface area contributed by atoms with E-state index in [1.807, 2.05) is 19.1 Å². The molecule has 3 rings (SSSR count). The summed E-state index contributed by atoms with van der Waals surface area (Å²) in [6.07, 6.45) is 5.39. The molecule has 0 aliphatic heterocycles. The van der Waals surface area contributed by atoms with Crippen LogP contribution in [0.15, 0.2) is 18.3 Å². The third kappa shape index (κ3) is 2.13. The molecule has 2 heterocycles. The number of rotatable bonds is 3. The first-order valence-electron chi connectivity index (χ1n) is 6.72. The maximum absolute atomic E-state index is 6.30. The van der Waals surface area contributed by atoms with Gasteiger partial charge >= 0.3 is 0 Å². The fourth-order valence-electron chi connectivity index (χ4n) is 3.03. The molecule has 5 heteroatoms. The van der Waals surface area contributed by atoms with Gasteiger partial charge < -0.3 is 9.30 Å². The molecule has 102 valence electrons. The Kier molecular flexibility index (Phi) is 3.46. The largest absolute Gasteiger partial charge is 0.379 e. The van der Waals surface area contributed by atoms with Crippen molar-refractivity contribution in [3.05, 3.63) is 24.2 Å². The van der Waals surface area contributed by atoms with Crippen LogP contribution in [0, 0.1) is 0 Å². The van der Waals surface area contributed by atoms with Crippen LogP contribution >= 0.6 is 11.6 Å². The van der Waals surface area contributed by atoms with E-state index < -0.39 is 0 Å². The van der Waals surface area contributed by atoms with Gasteiger partial charge in [-0.25, -0.2) is 9.97 Å². The molecule has 0 amide bonds. The average molecular weight is 280 g/mol. The van der Waals surface area contributed by atoms with E-state index in [1.165, 1.54) is 6.42 Å². The molecule has 0 aromatic carbocycles. The van der Waals surface area contributed by atoms with Gasteiger partial charge in [-0.05, 0) is 38.3 Å². The number of aromatic nitrogens is 3. The van der Waals surface area contributed by atoms with Crippen molar-refractivity contribution in [3.8, 4) is 0 Å². The molecule has 19 heavy (non-hydrogen) atoms. The molecule has 4 nitrogen and oxygen atoms in total. The second kappa shape index (κ2) is 5.10. The second-order valence-electron chi connectivity index (χ2n) is 5.07. The van der Waals surface area contributed by atoms with E-state index in [1.54, 1.807) is 13.3 Å². The van der Waals surface area contributed by atoms with Crippen LogP contribution in [0.1, 0.15) is 43.4 Å². The minimum atomic E-state index is -0.132. The van der Waals surface area contributed by atoms with Gasteiger partial charge in [-0.3, -0.25) is 0 Å². The summed E-state index contributed by atoms with van der Waals surface area (Å²) in [6, 6.07) is 4.18. The van der Waals surface area contributed by atoms with Crippen molar-refractivity contribution < 1.29 is 4.74 Å². The Bertz CT molecular complexity index is 581. The van der Waals surface area contributed by atoms with Gasteiger partial charge in [-0.15, -0.1) is 11.6 Å². The number of halogens is 1. The molecule has 0 saturated heterocycles. The summed E-state index contributed by atoms with van der Waals surface area (Å²) in [4.78, 5) is 9.12. The standard InChI is InChI=1S/C14H18ClN3O/c1-9(15)13-17-10-5-4-8-16-14(10)18(13)11-6-3-7-12(11)19-2/h4-5,8-9,11-12H,3,6-7H2,1-2H3. The number of methoxy groups -OCH3 is 1. The molecule has 3 atom stereocenters. The van der Waals surface area contributed by atoms with Gasteiger partial charge in [0.15, 0.2) is 5.65 Å². The Morgan fingerprint density at radius 3 is 3.05 bits per heavy atom. The summed E-state index contributed by atoms with van der Waals surface area (Å²) in [5.41, 5.74) is 1.82. The van der Waals surface area contributed by atoms with Gasteiger partial charge in [0.2, 0.25) is 0 Å². The van der Waals surface area contributed by atoms with Crippen LogP contribution in [0.2, 0.25) is 0 Å². The zero-order valence-electron chi connectivity index (χ0n) is 11.2. The number of nitrogens with zero attached hydrogens (tertiary/aromatic N) is 3. The molecule has 1 aliphatic carbocycles. The zero-order valence-corrected chi connectivity index (χ0v) is 12.0. The highest BCUT2D eigenvalue weighted by Gasteiger charge is 2.32. The summed E-state index contributed by atoms with van der Waals surface area (Å²) in [6.45, 7) is 1.95. The molecule has 0 radical (unpaired) electrons. The average Bonchev–Trinajstić information content (AvgIpc) is 3.01. The van der Waals surface area contributed by atoms with Gasteiger partial charge in [0.1, 0.15) is 11.3 Å². The molecule has 1 fully saturated rings. The molecule has 0 N–H and O–H groups in total. The number of ether oxygens (including phenoxy) is 1. The Morgan fingerprint density at radius 1 is 1.47 bits per heavy atom. The first-order chi connectivity index (χ1) is 9.22. The van der Waals surface area contributed by atoms with E-state index in [-0.39, 0.29) is 11.5 Å². The number of fused-ring (bicyclic) bond motifs is 1. The Morgan fingerprint density at radius 2 is 2.32 bits per heavy atom. The van der Waals surface area contributed by atoms with Crippen LogP contribution in [0.3, 0.4) is 0 Å². The van der Waals surface area contributed by atoms with E-state index in [9.17, 15) is 0 Å². The van der Waals surface area contributed by atoms with E-state index in [4.69, 9.17) is 16.3 Å². The lowest BCUT2D eigenvalue weighted by Crippen LogP contribution is -2.22. The molecule has 1 saturated carbocycles. The highest BCUT2D eigenvalue weighted by atomic mass is 35.5. The summed E-state index contributed by atoms with van der Waals surface area (Å²) < 4.78 is 7.80. The van der Waals surface area contributed by atoms with Gasteiger partial charge in [0.05, 0.1) is 17.5 Å². The smallest absolute Gasteiger partial charge is 0.160 e. The number of alkyl halides is 1. The summed E-state index contributed by atoms with van der Waals surface area (Å²) in [5.74, 6) is 0.893. The molecule has 2 aromatic heterocycles. The Balaban J connectivity index is 2.17. The maximum Gasteiger partial charge on any atom is 0.160 e. The first kappa shape index (κ1) is 12.9. The number of pyridine rings is 1. The monoisotopic (exact) mass is 279 g/mol. The predicted molar refractivity (Wildman–Crippen MR) is 75.5 cm³/mol. The quantitative estimate of drug-likeness (QED) is 0.808. The lowest BCUT2D eigenvalue weighted by Gasteiger charge is -2.22. The highest BCUT2D eigenvalue weighted by molar-refractivity contribution is 6.20. The molecule has 2 aromatic rings. The van der Waals surface area contributed by atoms with Crippen LogP contribution in [-0.4, -0.2) is 27.7 Å². The normalized spacial score (nSPS) is 25.0. The van der Waals surface area contributed by atoms with Crippen molar-refractivity contribution in [2.24, 2.45) is 0 Å². The van der Waals surface area contributed by atoms with E-state index in [0.717, 1.165) is 29.8 Å². The number of hydrogen-bond donors (Lipinski definition) is 0. The predicted octanol–water partition coefficient (Wildman–Crippen LogP) is 3.47. The summed E-state index contributed by atoms with van der Waals surface area (Å²) >= 11 is 6.30. The molecular formula is C14H18ClN3O. The molecular weight excluding hydrogens is 262 g/mol. The van der Waals surface area contributed by atoms with Crippen molar-refractivity contribution in [3.63, 3.8) is 0 Å². The summed E-state index contributed by atoms with van der Waals surface area (Å²) in [7, 11) is 1.78. The van der Waals surface area contributed by atoms with Crippen molar-refractivity contribution in [2.75, 3.05) is 7.11 Å². The SMILES string of the molecule is COC1CCCC1n1c(C(C)Cl)nc2cccnc21. The third-order valence-electron chi connectivity index (χ3n) is 3.88. The van der Waals surface area contributed by atoms with Crippen molar-refractivity contribution in [1.82, 2.24) is 14.5 Å². The minimum absolute atomic E-state index is 0.132. The number of imidazole rings is 1. The molecule has 0 bridgehead atoms. The van der Waals surface area contributed by atoms with Gasteiger partial charge in [0, 0.05) is 13.3 Å². The van der Waals surface area contributed by atoms with Crippen LogP contribution in [-0.2, 0) is 4.74 Å². The van der Waals surface area contributed by atoms with Crippen LogP contribution in [0.4, 0.5) is 0 Å². The van der Waals surface area contributed by atoms with Gasteiger partial charge in [-0.2, -0.15) is 0 Å². The maximum atomic E-state index is 6.30. The van der Waals surface area contributed by atoms with E-state index in [0.29, 0.717) is 6.04 Å². The lowest BCUT2D eigenvalue weighted by molar-refractivity contribution is 0.0751. The third-order valence-corrected chi connectivity index (χ3v) is 4.08. The van der Waals surface area contributed by atoms with Crippen molar-refractivity contribution in [1.29, 1.82) is 0 Å². The lowest BCUT2D eigenvalue weighted by atomic mass is 10.2. The van der Waals surface area contributed by atoms with Gasteiger partial charge in [-0.1, -0.05) is 0 Å². The fraction of sp³-hybridized carbons (Fsp3) is 0.571. The zero-order chi connectivity index (χ0) is 13.4. The Hall–Kier alpha value is -1.13. The fourth-order valence-corrected chi connectivity index (χ4v) is 3.19. The molecule has 0 spiro atoms. The molecule has 3 unspecified atom stereocenters. The topological polar surface area (TPSA) is 39.9 Å². The minimum Gasteiger partial charge on any atom is -0.379 e. The Labute approximate surface area is 117 Å². The highest BCUT2D eigenvalue weighted by Crippen LogP contribution is 2.37. The molecule has 1 aliphatic rings. The van der Waals surface area contributed by atoms with E-state index >= 15 is 0 Å².